The van der Waals surface area contributed by atoms with E-state index in [4.69, 9.17) is 11.6 Å². The Balaban J connectivity index is 3.06. The highest BCUT2D eigenvalue weighted by atomic mass is 35.5. The minimum absolute atomic E-state index is 0.157. The number of rotatable bonds is 2. The van der Waals surface area contributed by atoms with Gasteiger partial charge in [-0.3, -0.25) is 0 Å². The number of thiol groups is 1. The van der Waals surface area contributed by atoms with Crippen LogP contribution in [0.1, 0.15) is 11.1 Å². The molecule has 0 saturated heterocycles. The third-order valence-electron chi connectivity index (χ3n) is 1.69. The highest BCUT2D eigenvalue weighted by molar-refractivity contribution is 7.80. The van der Waals surface area contributed by atoms with Crippen LogP contribution in [0.25, 0.3) is 6.08 Å². The summed E-state index contributed by atoms with van der Waals surface area (Å²) in [5, 5.41) is 9.77. The lowest BCUT2D eigenvalue weighted by Crippen LogP contribution is -1.79. The maximum atomic E-state index is 9.39. The van der Waals surface area contributed by atoms with E-state index in [1.165, 1.54) is 0 Å². The standard InChI is InChI=1S/C10H11ClOS/c1-7-5-8(3-2-4-13)6-9(11)10(7)12/h2-3,5-6,12-13H,4H2,1H3. The molecule has 0 fully saturated rings. The molecule has 1 aromatic carbocycles. The number of aromatic hydroxyl groups is 1. The third-order valence-corrected chi connectivity index (χ3v) is 2.19. The van der Waals surface area contributed by atoms with Crippen LogP contribution in [0.4, 0.5) is 0 Å². The van der Waals surface area contributed by atoms with Gasteiger partial charge in [0.25, 0.3) is 0 Å². The SMILES string of the molecule is Cc1cc(C=CCS)cc(Cl)c1O. The molecular formula is C10H11ClOS. The lowest BCUT2D eigenvalue weighted by molar-refractivity contribution is 0.471. The minimum Gasteiger partial charge on any atom is -0.506 e. The van der Waals surface area contributed by atoms with E-state index in [0.29, 0.717) is 10.8 Å². The van der Waals surface area contributed by atoms with Crippen molar-refractivity contribution in [1.29, 1.82) is 0 Å². The molecule has 0 atom stereocenters. The van der Waals surface area contributed by atoms with E-state index < -0.39 is 0 Å². The second kappa shape index (κ2) is 4.58. The number of aryl methyl sites for hydroxylation is 1. The Hall–Kier alpha value is -0.600. The summed E-state index contributed by atoms with van der Waals surface area (Å²) in [6.07, 6.45) is 3.84. The predicted octanol–water partition coefficient (Wildman–Crippen LogP) is 3.30. The minimum atomic E-state index is 0.157. The second-order valence-corrected chi connectivity index (χ2v) is 3.53. The molecule has 0 aliphatic rings. The smallest absolute Gasteiger partial charge is 0.137 e. The normalized spacial score (nSPS) is 11.0. The van der Waals surface area contributed by atoms with Crippen molar-refractivity contribution in [3.05, 3.63) is 34.4 Å². The van der Waals surface area contributed by atoms with E-state index in [1.807, 2.05) is 25.1 Å². The zero-order valence-corrected chi connectivity index (χ0v) is 8.94. The molecule has 0 aliphatic carbocycles. The molecule has 0 radical (unpaired) electrons. The van der Waals surface area contributed by atoms with Crippen LogP contribution < -0.4 is 0 Å². The molecule has 13 heavy (non-hydrogen) atoms. The molecule has 0 aliphatic heterocycles. The van der Waals surface area contributed by atoms with E-state index in [2.05, 4.69) is 12.6 Å². The van der Waals surface area contributed by atoms with Crippen LogP contribution in [-0.2, 0) is 0 Å². The summed E-state index contributed by atoms with van der Waals surface area (Å²) in [6, 6.07) is 3.60. The zero-order valence-electron chi connectivity index (χ0n) is 7.29. The molecule has 0 heterocycles. The molecule has 1 aromatic rings. The molecule has 0 unspecified atom stereocenters. The summed E-state index contributed by atoms with van der Waals surface area (Å²) in [5.41, 5.74) is 1.76. The summed E-state index contributed by atoms with van der Waals surface area (Å²) >= 11 is 9.85. The third kappa shape index (κ3) is 2.68. The van der Waals surface area contributed by atoms with Crippen molar-refractivity contribution in [2.45, 2.75) is 6.92 Å². The molecule has 1 N–H and O–H groups in total. The van der Waals surface area contributed by atoms with Crippen molar-refractivity contribution >= 4 is 30.3 Å². The molecule has 0 amide bonds. The maximum absolute atomic E-state index is 9.39. The van der Waals surface area contributed by atoms with Gasteiger partial charge in [-0.05, 0) is 30.2 Å². The first kappa shape index (κ1) is 10.5. The fraction of sp³-hybridized carbons (Fsp3) is 0.200. The monoisotopic (exact) mass is 214 g/mol. The Kier molecular flexibility index (Phi) is 3.70. The average Bonchev–Trinajstić information content (AvgIpc) is 2.10. The number of benzene rings is 1. The van der Waals surface area contributed by atoms with Crippen LogP contribution in [0.5, 0.6) is 5.75 Å². The van der Waals surface area contributed by atoms with Gasteiger partial charge >= 0.3 is 0 Å². The lowest BCUT2D eigenvalue weighted by Gasteiger charge is -2.02. The first-order chi connectivity index (χ1) is 6.15. The molecule has 1 rings (SSSR count). The number of phenols is 1. The van der Waals surface area contributed by atoms with Gasteiger partial charge in [0.15, 0.2) is 0 Å². The van der Waals surface area contributed by atoms with E-state index in [-0.39, 0.29) is 5.75 Å². The summed E-state index contributed by atoms with van der Waals surface area (Å²) in [4.78, 5) is 0. The first-order valence-corrected chi connectivity index (χ1v) is 4.92. The van der Waals surface area contributed by atoms with Gasteiger partial charge < -0.3 is 5.11 Å². The highest BCUT2D eigenvalue weighted by Gasteiger charge is 2.02. The van der Waals surface area contributed by atoms with Crippen LogP contribution in [0, 0.1) is 6.92 Å². The molecule has 3 heteroatoms. The molecule has 0 spiro atoms. The van der Waals surface area contributed by atoms with Crippen molar-refractivity contribution in [1.82, 2.24) is 0 Å². The van der Waals surface area contributed by atoms with Crippen molar-refractivity contribution < 1.29 is 5.11 Å². The number of phenolic OH excluding ortho intramolecular Hbond substituents is 1. The fourth-order valence-electron chi connectivity index (χ4n) is 1.05. The van der Waals surface area contributed by atoms with E-state index in [9.17, 15) is 5.11 Å². The van der Waals surface area contributed by atoms with Crippen molar-refractivity contribution in [2.24, 2.45) is 0 Å². The van der Waals surface area contributed by atoms with E-state index in [0.717, 1.165) is 11.1 Å². The van der Waals surface area contributed by atoms with Crippen molar-refractivity contribution in [3.63, 3.8) is 0 Å². The molecule has 0 bridgehead atoms. The second-order valence-electron chi connectivity index (χ2n) is 2.75. The predicted molar refractivity (Wildman–Crippen MR) is 60.7 cm³/mol. The van der Waals surface area contributed by atoms with E-state index in [1.54, 1.807) is 6.07 Å². The van der Waals surface area contributed by atoms with Gasteiger partial charge in [0, 0.05) is 5.75 Å². The zero-order chi connectivity index (χ0) is 9.84. The van der Waals surface area contributed by atoms with Crippen LogP contribution in [0.2, 0.25) is 5.02 Å². The Morgan fingerprint density at radius 2 is 2.23 bits per heavy atom. The number of hydrogen-bond donors (Lipinski definition) is 2. The van der Waals surface area contributed by atoms with Crippen LogP contribution >= 0.6 is 24.2 Å². The lowest BCUT2D eigenvalue weighted by atomic mass is 10.1. The summed E-state index contributed by atoms with van der Waals surface area (Å²) < 4.78 is 0. The first-order valence-electron chi connectivity index (χ1n) is 3.91. The Bertz CT molecular complexity index is 311. The van der Waals surface area contributed by atoms with Gasteiger partial charge in [0.2, 0.25) is 0 Å². The van der Waals surface area contributed by atoms with E-state index >= 15 is 0 Å². The Morgan fingerprint density at radius 1 is 1.54 bits per heavy atom. The summed E-state index contributed by atoms with van der Waals surface area (Å²) in [7, 11) is 0. The van der Waals surface area contributed by atoms with Crippen LogP contribution in [0.3, 0.4) is 0 Å². The van der Waals surface area contributed by atoms with Crippen molar-refractivity contribution in [3.8, 4) is 5.75 Å². The summed E-state index contributed by atoms with van der Waals surface area (Å²) in [6.45, 7) is 1.82. The average molecular weight is 215 g/mol. The molecular weight excluding hydrogens is 204 g/mol. The van der Waals surface area contributed by atoms with Gasteiger partial charge in [-0.25, -0.2) is 0 Å². The van der Waals surface area contributed by atoms with Crippen molar-refractivity contribution in [2.75, 3.05) is 5.75 Å². The van der Waals surface area contributed by atoms with Gasteiger partial charge in [-0.2, -0.15) is 12.6 Å². The molecule has 0 aromatic heterocycles. The van der Waals surface area contributed by atoms with Gasteiger partial charge in [-0.15, -0.1) is 0 Å². The summed E-state index contributed by atoms with van der Waals surface area (Å²) in [5.74, 6) is 0.849. The molecule has 1 nitrogen and oxygen atoms in total. The van der Waals surface area contributed by atoms with Gasteiger partial charge in [-0.1, -0.05) is 23.8 Å². The quantitative estimate of drug-likeness (QED) is 0.724. The maximum Gasteiger partial charge on any atom is 0.137 e. The van der Waals surface area contributed by atoms with Crippen LogP contribution in [-0.4, -0.2) is 10.9 Å². The number of halogens is 1. The fourth-order valence-corrected chi connectivity index (χ4v) is 1.43. The van der Waals surface area contributed by atoms with Gasteiger partial charge in [0.1, 0.15) is 5.75 Å². The van der Waals surface area contributed by atoms with Crippen LogP contribution in [0.15, 0.2) is 18.2 Å². The molecule has 0 saturated carbocycles. The highest BCUT2D eigenvalue weighted by Crippen LogP contribution is 2.28. The Labute approximate surface area is 88.5 Å². The van der Waals surface area contributed by atoms with Gasteiger partial charge in [0.05, 0.1) is 5.02 Å². The largest absolute Gasteiger partial charge is 0.506 e. The topological polar surface area (TPSA) is 20.2 Å². The Morgan fingerprint density at radius 3 is 2.77 bits per heavy atom. The number of hydrogen-bond acceptors (Lipinski definition) is 2. The molecule has 70 valence electrons.